The minimum absolute atomic E-state index is 0.104. The van der Waals surface area contributed by atoms with Crippen molar-refractivity contribution in [2.24, 2.45) is 4.36 Å². The zero-order valence-electron chi connectivity index (χ0n) is 15.0. The molecule has 0 aliphatic rings. The van der Waals surface area contributed by atoms with Gasteiger partial charge >= 0.3 is 5.97 Å². The molecule has 25 heavy (non-hydrogen) atoms. The Labute approximate surface area is 149 Å². The largest absolute Gasteiger partial charge is 0.495 e. The van der Waals surface area contributed by atoms with Gasteiger partial charge in [0.2, 0.25) is 0 Å². The molecule has 0 N–H and O–H groups in total. The maximum atomic E-state index is 12.8. The van der Waals surface area contributed by atoms with Gasteiger partial charge in [-0.15, -0.1) is 0 Å². The fourth-order valence-corrected chi connectivity index (χ4v) is 2.99. The van der Waals surface area contributed by atoms with Crippen LogP contribution in [0.15, 0.2) is 39.5 Å². The van der Waals surface area contributed by atoms with Crippen LogP contribution in [0.5, 0.6) is 5.75 Å². The molecule has 136 valence electrons. The van der Waals surface area contributed by atoms with Gasteiger partial charge < -0.3 is 22.5 Å². The van der Waals surface area contributed by atoms with E-state index in [1.54, 1.807) is 51.5 Å². The molecule has 1 heterocycles. The van der Waals surface area contributed by atoms with Crippen LogP contribution >= 0.6 is 0 Å². The van der Waals surface area contributed by atoms with Gasteiger partial charge in [0.15, 0.2) is 0 Å². The van der Waals surface area contributed by atoms with Gasteiger partial charge in [-0.1, -0.05) is 17.9 Å². The van der Waals surface area contributed by atoms with E-state index in [1.807, 2.05) is 0 Å². The highest BCUT2D eigenvalue weighted by Gasteiger charge is 2.25. The Morgan fingerprint density at radius 2 is 2.00 bits per heavy atom. The minimum Gasteiger partial charge on any atom is -0.495 e. The van der Waals surface area contributed by atoms with Gasteiger partial charge in [-0.25, -0.2) is 4.79 Å². The molecule has 2 rings (SSSR count). The second-order valence-electron chi connectivity index (χ2n) is 6.34. The molecular weight excluding hydrogens is 342 g/mol. The first-order valence-corrected chi connectivity index (χ1v) is 8.98. The van der Waals surface area contributed by atoms with E-state index in [1.165, 1.54) is 14.2 Å². The van der Waals surface area contributed by atoms with E-state index in [0.717, 1.165) is 5.56 Å². The van der Waals surface area contributed by atoms with E-state index < -0.39 is 22.2 Å². The van der Waals surface area contributed by atoms with Crippen LogP contribution in [-0.4, -0.2) is 25.7 Å². The van der Waals surface area contributed by atoms with Crippen LogP contribution in [0.1, 0.15) is 36.7 Å². The molecule has 6 nitrogen and oxygen atoms in total. The van der Waals surface area contributed by atoms with Crippen molar-refractivity contribution in [2.75, 3.05) is 14.2 Å². The van der Waals surface area contributed by atoms with Crippen molar-refractivity contribution < 1.29 is 22.9 Å². The highest BCUT2D eigenvalue weighted by atomic mass is 32.2. The Balaban J connectivity index is 2.65. The molecule has 0 unspecified atom stereocenters. The first kappa shape index (κ1) is 19.1. The number of carbonyl (C=O) groups excluding carboxylic acids is 1. The molecule has 0 fully saturated rings. The van der Waals surface area contributed by atoms with Gasteiger partial charge in [-0.05, 0) is 32.4 Å². The van der Waals surface area contributed by atoms with Crippen molar-refractivity contribution >= 4 is 16.6 Å². The number of esters is 1. The average molecular weight is 364 g/mol. The van der Waals surface area contributed by atoms with Crippen LogP contribution in [0.25, 0.3) is 11.1 Å². The molecule has 0 atom stereocenters. The Morgan fingerprint density at radius 1 is 1.28 bits per heavy atom. The van der Waals surface area contributed by atoms with E-state index in [-0.39, 0.29) is 11.3 Å². The molecular formula is C18H22NO5S-. The first-order chi connectivity index (χ1) is 11.8. The van der Waals surface area contributed by atoms with Crippen LogP contribution in [0.2, 0.25) is 0 Å². The lowest BCUT2D eigenvalue weighted by Gasteiger charge is -2.23. The quantitative estimate of drug-likeness (QED) is 0.587. The summed E-state index contributed by atoms with van der Waals surface area (Å²) >= 11 is 0. The summed E-state index contributed by atoms with van der Waals surface area (Å²) < 4.78 is 31.8. The molecule has 1 aromatic carbocycles. The normalized spacial score (nSPS) is 12.8. The molecule has 0 spiro atoms. The maximum Gasteiger partial charge on any atom is 0.342 e. The number of benzene rings is 1. The minimum atomic E-state index is -1.44. The van der Waals surface area contributed by atoms with Gasteiger partial charge in [-0.3, -0.25) is 0 Å². The van der Waals surface area contributed by atoms with Gasteiger partial charge in [0.1, 0.15) is 16.9 Å². The second kappa shape index (κ2) is 7.74. The van der Waals surface area contributed by atoms with Crippen LogP contribution < -0.4 is 4.74 Å². The summed E-state index contributed by atoms with van der Waals surface area (Å²) in [6.45, 7) is 5.36. The smallest absolute Gasteiger partial charge is 0.342 e. The molecule has 0 radical (unpaired) electrons. The predicted octanol–water partition coefficient (Wildman–Crippen LogP) is 4.19. The van der Waals surface area contributed by atoms with E-state index in [4.69, 9.17) is 13.9 Å². The molecule has 0 amide bonds. The lowest BCUT2D eigenvalue weighted by Crippen LogP contribution is -2.25. The van der Waals surface area contributed by atoms with E-state index in [2.05, 4.69) is 4.36 Å². The first-order valence-electron chi connectivity index (χ1n) is 7.71. The molecule has 2 aromatic rings. The highest BCUT2D eigenvalue weighted by Crippen LogP contribution is 2.36. The summed E-state index contributed by atoms with van der Waals surface area (Å²) in [5.41, 5.74) is 1.62. The van der Waals surface area contributed by atoms with Gasteiger partial charge in [0.25, 0.3) is 0 Å². The Kier molecular flexibility index (Phi) is 5.89. The molecule has 0 saturated heterocycles. The van der Waals surface area contributed by atoms with Crippen molar-refractivity contribution in [3.8, 4) is 16.9 Å². The third-order valence-electron chi connectivity index (χ3n) is 3.37. The van der Waals surface area contributed by atoms with E-state index in [9.17, 15) is 9.00 Å². The fourth-order valence-electron chi connectivity index (χ4n) is 2.35. The number of ether oxygens (including phenoxy) is 2. The van der Waals surface area contributed by atoms with Crippen molar-refractivity contribution in [3.63, 3.8) is 0 Å². The number of methoxy groups -OCH3 is 1. The molecule has 1 aromatic heterocycles. The summed E-state index contributed by atoms with van der Waals surface area (Å²) in [5.74, 6) is -0.0633. The number of hydrogen-bond acceptors (Lipinski definition) is 7. The number of furan rings is 1. The van der Waals surface area contributed by atoms with Gasteiger partial charge in [0.05, 0.1) is 19.6 Å². The Bertz CT molecular complexity index is 828. The molecule has 0 aliphatic carbocycles. The molecule has 7 heteroatoms. The third kappa shape index (κ3) is 4.63. The SMILES string of the molecule is CN=[S-](=O)Cc1ccc(-c2ccoc2)c(OC)c1C(=O)OC(C)(C)C. The predicted molar refractivity (Wildman–Crippen MR) is 96.0 cm³/mol. The van der Waals surface area contributed by atoms with Crippen molar-refractivity contribution in [3.05, 3.63) is 41.9 Å². The van der Waals surface area contributed by atoms with Crippen molar-refractivity contribution in [1.82, 2.24) is 0 Å². The summed E-state index contributed by atoms with van der Waals surface area (Å²) in [7, 11) is 1.52. The van der Waals surface area contributed by atoms with Gasteiger partial charge in [-0.2, -0.15) is 10.6 Å². The van der Waals surface area contributed by atoms with Crippen LogP contribution in [0.3, 0.4) is 0 Å². The highest BCUT2D eigenvalue weighted by molar-refractivity contribution is 7.73. The standard InChI is InChI=1S/C18H22NO5S/c1-18(2,3)24-17(20)15-13(11-25(21)19-4)6-7-14(16(15)22-5)12-8-9-23-10-12/h6-10H,11H2,1-5H3/q-1. The maximum absolute atomic E-state index is 12.8. The van der Waals surface area contributed by atoms with E-state index >= 15 is 0 Å². The summed E-state index contributed by atoms with van der Waals surface area (Å²) in [6.07, 6.45) is 3.11. The molecule has 0 saturated carbocycles. The van der Waals surface area contributed by atoms with Crippen LogP contribution in [0.4, 0.5) is 0 Å². The fraction of sp³-hybridized carbons (Fsp3) is 0.389. The summed E-state index contributed by atoms with van der Waals surface area (Å²) in [5, 5.41) is 0. The molecule has 0 bridgehead atoms. The van der Waals surface area contributed by atoms with Crippen molar-refractivity contribution in [1.29, 1.82) is 0 Å². The van der Waals surface area contributed by atoms with Crippen LogP contribution in [0, 0.1) is 0 Å². The number of nitrogens with zero attached hydrogens (tertiary/aromatic N) is 1. The average Bonchev–Trinajstić information content (AvgIpc) is 3.06. The van der Waals surface area contributed by atoms with E-state index in [0.29, 0.717) is 16.9 Å². The number of hydrogen-bond donors (Lipinski definition) is 0. The zero-order valence-corrected chi connectivity index (χ0v) is 15.8. The zero-order chi connectivity index (χ0) is 18.6. The number of rotatable bonds is 5. The summed E-state index contributed by atoms with van der Waals surface area (Å²) in [4.78, 5) is 12.8. The monoisotopic (exact) mass is 364 g/mol. The third-order valence-corrected chi connectivity index (χ3v) is 4.33. The second-order valence-corrected chi connectivity index (χ2v) is 7.64. The Morgan fingerprint density at radius 3 is 2.52 bits per heavy atom. The van der Waals surface area contributed by atoms with Crippen molar-refractivity contribution in [2.45, 2.75) is 32.1 Å². The lowest BCUT2D eigenvalue weighted by molar-refractivity contribution is 0.00657. The van der Waals surface area contributed by atoms with Gasteiger partial charge in [0, 0.05) is 18.2 Å². The topological polar surface area (TPSA) is 78.1 Å². The van der Waals surface area contributed by atoms with Crippen LogP contribution in [-0.2, 0) is 25.3 Å². The number of carbonyl (C=O) groups is 1. The summed E-state index contributed by atoms with van der Waals surface area (Å²) in [6, 6.07) is 5.32. The molecule has 0 aliphatic heterocycles. The Hall–Kier alpha value is -2.28. The lowest BCUT2D eigenvalue weighted by atomic mass is 9.99.